The van der Waals surface area contributed by atoms with Gasteiger partial charge in [0.2, 0.25) is 5.91 Å². The number of benzene rings is 1. The van der Waals surface area contributed by atoms with Crippen LogP contribution < -0.4 is 15.8 Å². The van der Waals surface area contributed by atoms with E-state index in [2.05, 4.69) is 19.2 Å². The molecule has 1 aliphatic heterocycles. The van der Waals surface area contributed by atoms with Crippen LogP contribution in [0.2, 0.25) is 0 Å². The van der Waals surface area contributed by atoms with E-state index in [0.717, 1.165) is 17.7 Å². The Hall–Kier alpha value is -1.55. The first-order valence-electron chi connectivity index (χ1n) is 7.19. The fourth-order valence-corrected chi connectivity index (χ4v) is 2.85. The minimum atomic E-state index is -0.358. The molecular formula is C16H24N2O2. The molecule has 3 N–H and O–H groups in total. The van der Waals surface area contributed by atoms with Crippen LogP contribution in [0.3, 0.4) is 0 Å². The molecule has 1 aromatic rings. The van der Waals surface area contributed by atoms with Crippen molar-refractivity contribution in [3.8, 4) is 5.75 Å². The van der Waals surface area contributed by atoms with Crippen LogP contribution in [0.4, 0.5) is 0 Å². The molecule has 0 fully saturated rings. The second kappa shape index (κ2) is 5.83. The van der Waals surface area contributed by atoms with E-state index in [1.165, 1.54) is 0 Å². The fourth-order valence-electron chi connectivity index (χ4n) is 2.85. The average Bonchev–Trinajstić information content (AvgIpc) is 2.81. The summed E-state index contributed by atoms with van der Waals surface area (Å²) in [7, 11) is 0. The number of nitrogens with two attached hydrogens (primary N) is 1. The average molecular weight is 276 g/mol. The third kappa shape index (κ3) is 3.12. The van der Waals surface area contributed by atoms with Crippen LogP contribution >= 0.6 is 0 Å². The highest BCUT2D eigenvalue weighted by atomic mass is 16.5. The van der Waals surface area contributed by atoms with Crippen LogP contribution in [0.15, 0.2) is 24.3 Å². The Bertz CT molecular complexity index is 487. The van der Waals surface area contributed by atoms with Gasteiger partial charge in [-0.15, -0.1) is 0 Å². The molecule has 110 valence electrons. The number of amides is 1. The van der Waals surface area contributed by atoms with Crippen molar-refractivity contribution in [2.75, 3.05) is 13.2 Å². The lowest BCUT2D eigenvalue weighted by Crippen LogP contribution is -2.53. The monoisotopic (exact) mass is 276 g/mol. The van der Waals surface area contributed by atoms with Crippen LogP contribution in [-0.4, -0.2) is 24.6 Å². The molecule has 0 spiro atoms. The molecular weight excluding hydrogens is 252 g/mol. The molecule has 0 aliphatic carbocycles. The van der Waals surface area contributed by atoms with Gasteiger partial charge in [-0.05, 0) is 25.3 Å². The minimum absolute atomic E-state index is 0.00329. The summed E-state index contributed by atoms with van der Waals surface area (Å²) in [5.74, 6) is 1.06. The van der Waals surface area contributed by atoms with Gasteiger partial charge < -0.3 is 15.8 Å². The maximum Gasteiger partial charge on any atom is 0.231 e. The Morgan fingerprint density at radius 3 is 2.85 bits per heavy atom. The van der Waals surface area contributed by atoms with Crippen LogP contribution in [0, 0.1) is 5.92 Å². The normalized spacial score (nSPS) is 20.1. The van der Waals surface area contributed by atoms with Crippen molar-refractivity contribution in [3.05, 3.63) is 29.8 Å². The molecule has 0 bridgehead atoms. The van der Waals surface area contributed by atoms with Crippen molar-refractivity contribution in [3.63, 3.8) is 0 Å². The number of hydrogen-bond acceptors (Lipinski definition) is 3. The van der Waals surface area contributed by atoms with Crippen molar-refractivity contribution in [1.29, 1.82) is 0 Å². The molecule has 1 amide bonds. The van der Waals surface area contributed by atoms with Crippen molar-refractivity contribution < 1.29 is 9.53 Å². The van der Waals surface area contributed by atoms with Gasteiger partial charge in [0.15, 0.2) is 0 Å². The SMILES string of the molecule is CC(C)CC(C)(CN)NC(=O)C1COc2ccccc21. The summed E-state index contributed by atoms with van der Waals surface area (Å²) in [5, 5.41) is 3.11. The van der Waals surface area contributed by atoms with Gasteiger partial charge in [-0.3, -0.25) is 4.79 Å². The highest BCUT2D eigenvalue weighted by Gasteiger charge is 2.34. The van der Waals surface area contributed by atoms with E-state index in [0.29, 0.717) is 19.1 Å². The van der Waals surface area contributed by atoms with E-state index in [1.54, 1.807) is 0 Å². The number of ether oxygens (including phenoxy) is 1. The second-order valence-electron chi connectivity index (χ2n) is 6.25. The smallest absolute Gasteiger partial charge is 0.231 e. The standard InChI is InChI=1S/C16H24N2O2/c1-11(2)8-16(3,10-17)18-15(19)13-9-20-14-7-5-4-6-12(13)14/h4-7,11,13H,8-10,17H2,1-3H3,(H,18,19). The quantitative estimate of drug-likeness (QED) is 0.865. The number of carbonyl (C=O) groups is 1. The molecule has 0 saturated carbocycles. The highest BCUT2D eigenvalue weighted by Crippen LogP contribution is 2.34. The summed E-state index contributed by atoms with van der Waals surface area (Å²) in [6.45, 7) is 7.12. The number of carbonyl (C=O) groups excluding carboxylic acids is 1. The van der Waals surface area contributed by atoms with Gasteiger partial charge in [-0.2, -0.15) is 0 Å². The number of hydrogen-bond donors (Lipinski definition) is 2. The van der Waals surface area contributed by atoms with Gasteiger partial charge in [0, 0.05) is 17.6 Å². The van der Waals surface area contributed by atoms with Gasteiger partial charge in [0.05, 0.1) is 0 Å². The van der Waals surface area contributed by atoms with Crippen LogP contribution in [0.1, 0.15) is 38.7 Å². The summed E-state index contributed by atoms with van der Waals surface area (Å²) in [6, 6.07) is 7.71. The molecule has 2 unspecified atom stereocenters. The van der Waals surface area contributed by atoms with Crippen LogP contribution in [0.25, 0.3) is 0 Å². The number of nitrogens with one attached hydrogen (secondary N) is 1. The van der Waals surface area contributed by atoms with Gasteiger partial charge >= 0.3 is 0 Å². The van der Waals surface area contributed by atoms with Gasteiger partial charge in [0.1, 0.15) is 18.3 Å². The molecule has 0 aromatic heterocycles. The van der Waals surface area contributed by atoms with E-state index >= 15 is 0 Å². The predicted octanol–water partition coefficient (Wildman–Crippen LogP) is 2.04. The topological polar surface area (TPSA) is 64.3 Å². The molecule has 2 atom stereocenters. The Kier molecular flexibility index (Phi) is 4.33. The highest BCUT2D eigenvalue weighted by molar-refractivity contribution is 5.86. The molecule has 1 aromatic carbocycles. The molecule has 2 rings (SSSR count). The van der Waals surface area contributed by atoms with Gasteiger partial charge in [-0.25, -0.2) is 0 Å². The lowest BCUT2D eigenvalue weighted by Gasteiger charge is -2.32. The first-order valence-corrected chi connectivity index (χ1v) is 7.19. The molecule has 0 radical (unpaired) electrons. The Morgan fingerprint density at radius 2 is 2.20 bits per heavy atom. The zero-order valence-corrected chi connectivity index (χ0v) is 12.5. The largest absolute Gasteiger partial charge is 0.492 e. The first kappa shape index (κ1) is 14.9. The molecule has 0 saturated heterocycles. The van der Waals surface area contributed by atoms with Gasteiger partial charge in [-0.1, -0.05) is 32.0 Å². The maximum absolute atomic E-state index is 12.5. The van der Waals surface area contributed by atoms with E-state index < -0.39 is 0 Å². The summed E-state index contributed by atoms with van der Waals surface area (Å²) in [5.41, 5.74) is 6.46. The Morgan fingerprint density at radius 1 is 1.50 bits per heavy atom. The number of rotatable bonds is 5. The number of para-hydroxylation sites is 1. The molecule has 4 nitrogen and oxygen atoms in total. The van der Waals surface area contributed by atoms with Crippen LogP contribution in [0.5, 0.6) is 5.75 Å². The zero-order valence-electron chi connectivity index (χ0n) is 12.5. The third-order valence-electron chi connectivity index (χ3n) is 3.75. The Balaban J connectivity index is 2.09. The number of fused-ring (bicyclic) bond motifs is 1. The van der Waals surface area contributed by atoms with E-state index in [4.69, 9.17) is 10.5 Å². The summed E-state index contributed by atoms with van der Waals surface area (Å²) >= 11 is 0. The van der Waals surface area contributed by atoms with Crippen molar-refractivity contribution in [2.24, 2.45) is 11.7 Å². The predicted molar refractivity (Wildman–Crippen MR) is 79.7 cm³/mol. The van der Waals surface area contributed by atoms with E-state index in [1.807, 2.05) is 31.2 Å². The van der Waals surface area contributed by atoms with E-state index in [9.17, 15) is 4.79 Å². The fraction of sp³-hybridized carbons (Fsp3) is 0.562. The second-order valence-corrected chi connectivity index (χ2v) is 6.25. The summed E-state index contributed by atoms with van der Waals surface area (Å²) in [4.78, 5) is 12.5. The first-order chi connectivity index (χ1) is 9.45. The lowest BCUT2D eigenvalue weighted by molar-refractivity contribution is -0.124. The maximum atomic E-state index is 12.5. The summed E-state index contributed by atoms with van der Waals surface area (Å²) in [6.07, 6.45) is 0.866. The Labute approximate surface area is 120 Å². The van der Waals surface area contributed by atoms with Crippen LogP contribution in [-0.2, 0) is 4.79 Å². The molecule has 1 heterocycles. The van der Waals surface area contributed by atoms with Crippen molar-refractivity contribution in [1.82, 2.24) is 5.32 Å². The molecule has 20 heavy (non-hydrogen) atoms. The van der Waals surface area contributed by atoms with Gasteiger partial charge in [0.25, 0.3) is 0 Å². The minimum Gasteiger partial charge on any atom is -0.492 e. The van der Waals surface area contributed by atoms with Crippen molar-refractivity contribution >= 4 is 5.91 Å². The zero-order chi connectivity index (χ0) is 14.8. The third-order valence-corrected chi connectivity index (χ3v) is 3.75. The lowest BCUT2D eigenvalue weighted by atomic mass is 9.89. The van der Waals surface area contributed by atoms with E-state index in [-0.39, 0.29) is 17.4 Å². The molecule has 4 heteroatoms. The molecule has 1 aliphatic rings. The summed E-state index contributed by atoms with van der Waals surface area (Å²) < 4.78 is 5.57. The van der Waals surface area contributed by atoms with Crippen molar-refractivity contribution in [2.45, 2.75) is 38.6 Å².